The number of anilines is 1. The van der Waals surface area contributed by atoms with Crippen molar-refractivity contribution in [2.45, 2.75) is 12.7 Å². The van der Waals surface area contributed by atoms with E-state index in [1.807, 2.05) is 6.07 Å². The second-order valence-electron chi connectivity index (χ2n) is 5.39. The predicted molar refractivity (Wildman–Crippen MR) is 68.7 cm³/mol. The van der Waals surface area contributed by atoms with E-state index in [9.17, 15) is 13.2 Å². The average Bonchev–Trinajstić information content (AvgIpc) is 2.33. The van der Waals surface area contributed by atoms with Crippen LogP contribution < -0.4 is 5.73 Å². The van der Waals surface area contributed by atoms with Gasteiger partial charge in [0, 0.05) is 25.0 Å². The smallest absolute Gasteiger partial charge is 0.475 e. The van der Waals surface area contributed by atoms with Crippen LogP contribution in [0.4, 0.5) is 19.0 Å². The monoisotopic (exact) mass is 320 g/mol. The largest absolute Gasteiger partial charge is 0.490 e. The number of nitrogens with zero attached hydrogens (tertiary/aromatic N) is 3. The summed E-state index contributed by atoms with van der Waals surface area (Å²) >= 11 is 0. The summed E-state index contributed by atoms with van der Waals surface area (Å²) in [7, 11) is 0. The van der Waals surface area contributed by atoms with E-state index >= 15 is 0 Å². The number of nitrogens with two attached hydrogens (primary N) is 1. The molecule has 2 saturated heterocycles. The molecule has 3 heterocycles. The molecular formula is C12H15F3N4O3. The molecule has 7 nitrogen and oxygen atoms in total. The molecule has 122 valence electrons. The quantitative estimate of drug-likeness (QED) is 0.819. The highest BCUT2D eigenvalue weighted by Crippen LogP contribution is 2.37. The fourth-order valence-electron chi connectivity index (χ4n) is 2.27. The van der Waals surface area contributed by atoms with Gasteiger partial charge in [0.2, 0.25) is 0 Å². The molecule has 3 rings (SSSR count). The van der Waals surface area contributed by atoms with Crippen LogP contribution in [0.5, 0.6) is 0 Å². The van der Waals surface area contributed by atoms with Gasteiger partial charge in [-0.25, -0.2) is 4.79 Å². The van der Waals surface area contributed by atoms with Crippen molar-refractivity contribution in [1.29, 1.82) is 0 Å². The Morgan fingerprint density at radius 3 is 2.32 bits per heavy atom. The summed E-state index contributed by atoms with van der Waals surface area (Å²) in [5, 5.41) is 15.0. The second-order valence-corrected chi connectivity index (χ2v) is 5.39. The Morgan fingerprint density at radius 1 is 1.36 bits per heavy atom. The molecular weight excluding hydrogens is 305 g/mol. The number of carbonyl (C=O) groups is 1. The third-order valence-corrected chi connectivity index (χ3v) is 3.30. The van der Waals surface area contributed by atoms with Gasteiger partial charge in [-0.15, -0.1) is 5.10 Å². The molecule has 22 heavy (non-hydrogen) atoms. The topological polar surface area (TPSA) is 102 Å². The van der Waals surface area contributed by atoms with Crippen molar-refractivity contribution in [1.82, 2.24) is 15.1 Å². The summed E-state index contributed by atoms with van der Waals surface area (Å²) in [5.74, 6) is -2.28. The summed E-state index contributed by atoms with van der Waals surface area (Å²) in [4.78, 5) is 11.3. The minimum absolute atomic E-state index is 0.473. The zero-order valence-corrected chi connectivity index (χ0v) is 11.5. The minimum atomic E-state index is -5.08. The molecule has 0 aromatic carbocycles. The van der Waals surface area contributed by atoms with Crippen molar-refractivity contribution in [3.63, 3.8) is 0 Å². The number of carboxylic acid groups (broad SMARTS) is 1. The number of nitrogen functional groups attached to an aromatic ring is 1. The molecule has 0 unspecified atom stereocenters. The maximum Gasteiger partial charge on any atom is 0.490 e. The van der Waals surface area contributed by atoms with Crippen molar-refractivity contribution in [2.75, 3.05) is 32.0 Å². The maximum absolute atomic E-state index is 10.6. The Hall–Kier alpha value is -1.94. The van der Waals surface area contributed by atoms with Crippen LogP contribution >= 0.6 is 0 Å². The van der Waals surface area contributed by atoms with Crippen LogP contribution in [0.3, 0.4) is 0 Å². The number of likely N-dealkylation sites (tertiary alicyclic amines) is 1. The Morgan fingerprint density at radius 2 is 1.95 bits per heavy atom. The molecule has 1 aromatic rings. The summed E-state index contributed by atoms with van der Waals surface area (Å²) in [6.07, 6.45) is -5.08. The van der Waals surface area contributed by atoms with E-state index in [0.29, 0.717) is 11.2 Å². The third kappa shape index (κ3) is 4.04. The van der Waals surface area contributed by atoms with Crippen LogP contribution in [0.15, 0.2) is 12.1 Å². The van der Waals surface area contributed by atoms with Gasteiger partial charge in [-0.2, -0.15) is 18.3 Å². The lowest BCUT2D eigenvalue weighted by Crippen LogP contribution is -2.65. The SMILES string of the molecule is Nc1ccc(CN2CC3(COC3)C2)nn1.O=C(O)C(F)(F)F. The molecule has 2 fully saturated rings. The molecule has 1 spiro atoms. The molecule has 0 aliphatic carbocycles. The van der Waals surface area contributed by atoms with Crippen molar-refractivity contribution in [3.05, 3.63) is 17.8 Å². The fourth-order valence-corrected chi connectivity index (χ4v) is 2.27. The highest BCUT2D eigenvalue weighted by atomic mass is 19.4. The lowest BCUT2D eigenvalue weighted by atomic mass is 9.78. The Labute approximate surface area is 123 Å². The van der Waals surface area contributed by atoms with E-state index < -0.39 is 12.1 Å². The summed E-state index contributed by atoms with van der Waals surface area (Å²) in [6.45, 7) is 4.97. The lowest BCUT2D eigenvalue weighted by molar-refractivity contribution is -0.192. The van der Waals surface area contributed by atoms with Crippen LogP contribution in [0.1, 0.15) is 5.69 Å². The summed E-state index contributed by atoms with van der Waals surface area (Å²) < 4.78 is 37.0. The van der Waals surface area contributed by atoms with Crippen LogP contribution in [-0.2, 0) is 16.1 Å². The van der Waals surface area contributed by atoms with Crippen LogP contribution in [0, 0.1) is 5.41 Å². The molecule has 0 radical (unpaired) electrons. The number of hydrogen-bond acceptors (Lipinski definition) is 6. The molecule has 0 atom stereocenters. The van der Waals surface area contributed by atoms with Gasteiger partial charge < -0.3 is 15.6 Å². The molecule has 1 aromatic heterocycles. The van der Waals surface area contributed by atoms with Gasteiger partial charge in [-0.1, -0.05) is 0 Å². The van der Waals surface area contributed by atoms with Crippen LogP contribution in [0.2, 0.25) is 0 Å². The van der Waals surface area contributed by atoms with Gasteiger partial charge in [0.15, 0.2) is 0 Å². The Bertz CT molecular complexity index is 523. The first-order chi connectivity index (χ1) is 10.2. The lowest BCUT2D eigenvalue weighted by Gasteiger charge is -2.55. The highest BCUT2D eigenvalue weighted by molar-refractivity contribution is 5.73. The van der Waals surface area contributed by atoms with Gasteiger partial charge >= 0.3 is 12.1 Å². The van der Waals surface area contributed by atoms with Crippen molar-refractivity contribution < 1.29 is 27.8 Å². The van der Waals surface area contributed by atoms with E-state index in [-0.39, 0.29) is 0 Å². The Balaban J connectivity index is 0.000000217. The van der Waals surface area contributed by atoms with Gasteiger partial charge in [-0.3, -0.25) is 4.90 Å². The molecule has 0 amide bonds. The maximum atomic E-state index is 10.6. The van der Waals surface area contributed by atoms with Crippen molar-refractivity contribution in [2.24, 2.45) is 5.41 Å². The van der Waals surface area contributed by atoms with Gasteiger partial charge in [0.1, 0.15) is 5.82 Å². The standard InChI is InChI=1S/C10H14N4O.C2HF3O2/c11-9-2-1-8(12-13-9)3-14-4-10(5-14)6-15-7-10;3-2(4,5)1(6)7/h1-2H,3-7H2,(H2,11,13);(H,6,7). The summed E-state index contributed by atoms with van der Waals surface area (Å²) in [6, 6.07) is 3.73. The number of halogens is 3. The first kappa shape index (κ1) is 16.4. The normalized spacial score (nSPS) is 19.6. The number of aliphatic carboxylic acids is 1. The van der Waals surface area contributed by atoms with Crippen molar-refractivity contribution >= 4 is 11.8 Å². The fraction of sp³-hybridized carbons (Fsp3) is 0.583. The predicted octanol–water partition coefficient (Wildman–Crippen LogP) is 0.524. The number of rotatable bonds is 2. The zero-order valence-electron chi connectivity index (χ0n) is 11.5. The van der Waals surface area contributed by atoms with Gasteiger partial charge in [0.05, 0.1) is 18.9 Å². The zero-order chi connectivity index (χ0) is 16.4. The van der Waals surface area contributed by atoms with Crippen LogP contribution in [0.25, 0.3) is 0 Å². The van der Waals surface area contributed by atoms with E-state index in [1.54, 1.807) is 6.07 Å². The number of hydrogen-bond donors (Lipinski definition) is 2. The van der Waals surface area contributed by atoms with E-state index in [0.717, 1.165) is 38.5 Å². The second kappa shape index (κ2) is 6.05. The molecule has 3 N–H and O–H groups in total. The first-order valence-corrected chi connectivity index (χ1v) is 6.39. The summed E-state index contributed by atoms with van der Waals surface area (Å²) in [5.41, 5.74) is 6.93. The van der Waals surface area contributed by atoms with E-state index in [2.05, 4.69) is 15.1 Å². The number of ether oxygens (including phenoxy) is 1. The van der Waals surface area contributed by atoms with E-state index in [4.69, 9.17) is 20.4 Å². The molecule has 2 aliphatic rings. The van der Waals surface area contributed by atoms with Gasteiger partial charge in [0.25, 0.3) is 0 Å². The first-order valence-electron chi connectivity index (χ1n) is 6.39. The highest BCUT2D eigenvalue weighted by Gasteiger charge is 2.48. The van der Waals surface area contributed by atoms with E-state index in [1.165, 1.54) is 0 Å². The van der Waals surface area contributed by atoms with Crippen LogP contribution in [-0.4, -0.2) is 58.7 Å². The number of aromatic nitrogens is 2. The average molecular weight is 320 g/mol. The Kier molecular flexibility index (Phi) is 4.52. The van der Waals surface area contributed by atoms with Crippen molar-refractivity contribution in [3.8, 4) is 0 Å². The molecule has 0 bridgehead atoms. The number of carboxylic acids is 1. The van der Waals surface area contributed by atoms with Gasteiger partial charge in [-0.05, 0) is 12.1 Å². The number of alkyl halides is 3. The third-order valence-electron chi connectivity index (χ3n) is 3.30. The molecule has 0 saturated carbocycles. The minimum Gasteiger partial charge on any atom is -0.475 e. The molecule has 2 aliphatic heterocycles. The molecule has 10 heteroatoms.